The van der Waals surface area contributed by atoms with Gasteiger partial charge in [-0.25, -0.2) is 0 Å². The smallest absolute Gasteiger partial charge is 0.316 e. The van der Waals surface area contributed by atoms with Gasteiger partial charge in [-0.3, -0.25) is 9.69 Å². The molecule has 9 heteroatoms. The first-order chi connectivity index (χ1) is 16.9. The molecule has 1 N–H and O–H groups in total. The number of carbonyl (C=O) groups is 1. The van der Waals surface area contributed by atoms with E-state index in [0.717, 1.165) is 59.8 Å². The number of rotatable bonds is 6. The van der Waals surface area contributed by atoms with Crippen molar-refractivity contribution in [2.75, 3.05) is 44.2 Å². The van der Waals surface area contributed by atoms with Crippen molar-refractivity contribution in [1.82, 2.24) is 20.4 Å². The molecule has 35 heavy (non-hydrogen) atoms. The summed E-state index contributed by atoms with van der Waals surface area (Å²) in [6, 6.07) is 12.0. The van der Waals surface area contributed by atoms with Gasteiger partial charge in [0.15, 0.2) is 5.76 Å². The third kappa shape index (κ3) is 4.90. The highest BCUT2D eigenvalue weighted by Gasteiger charge is 2.22. The van der Waals surface area contributed by atoms with Gasteiger partial charge in [0, 0.05) is 60.9 Å². The van der Waals surface area contributed by atoms with Crippen LogP contribution in [-0.2, 0) is 0 Å². The number of furan rings is 1. The minimum absolute atomic E-state index is 0.0720. The van der Waals surface area contributed by atoms with E-state index in [-0.39, 0.29) is 17.6 Å². The Morgan fingerprint density at radius 3 is 2.69 bits per heavy atom. The first-order valence-corrected chi connectivity index (χ1v) is 12.1. The number of hydrogen-bond donors (Lipinski definition) is 1. The van der Waals surface area contributed by atoms with Crippen LogP contribution in [-0.4, -0.2) is 60.2 Å². The van der Waals surface area contributed by atoms with Crippen LogP contribution < -0.4 is 10.2 Å². The molecular formula is C26H28ClN5O3. The van der Waals surface area contributed by atoms with Crippen molar-refractivity contribution in [3.8, 4) is 11.6 Å². The molecule has 0 unspecified atom stereocenters. The van der Waals surface area contributed by atoms with Crippen LogP contribution in [0.1, 0.15) is 27.4 Å². The van der Waals surface area contributed by atoms with Crippen LogP contribution in [0, 0.1) is 20.8 Å². The average Bonchev–Trinajstić information content (AvgIpc) is 3.46. The number of piperazine rings is 1. The van der Waals surface area contributed by atoms with Gasteiger partial charge in [-0.05, 0) is 50.6 Å². The molecule has 5 rings (SSSR count). The maximum Gasteiger partial charge on any atom is 0.316 e. The van der Waals surface area contributed by atoms with Gasteiger partial charge in [0.25, 0.3) is 0 Å². The third-order valence-corrected chi connectivity index (χ3v) is 6.75. The molecule has 1 saturated heterocycles. The number of amides is 1. The van der Waals surface area contributed by atoms with Crippen molar-refractivity contribution in [2.24, 2.45) is 0 Å². The highest BCUT2D eigenvalue weighted by atomic mass is 35.5. The molecule has 0 aliphatic carbocycles. The molecule has 2 aromatic carbocycles. The lowest BCUT2D eigenvalue weighted by Gasteiger charge is -2.36. The van der Waals surface area contributed by atoms with Crippen LogP contribution in [0.25, 0.3) is 22.6 Å². The van der Waals surface area contributed by atoms with Gasteiger partial charge < -0.3 is 19.2 Å². The van der Waals surface area contributed by atoms with Crippen LogP contribution >= 0.6 is 11.6 Å². The summed E-state index contributed by atoms with van der Waals surface area (Å²) < 4.78 is 11.1. The second kappa shape index (κ2) is 9.71. The number of hydrogen-bond acceptors (Lipinski definition) is 7. The van der Waals surface area contributed by atoms with Gasteiger partial charge in [0.05, 0.1) is 0 Å². The van der Waals surface area contributed by atoms with Crippen molar-refractivity contribution >= 4 is 34.2 Å². The van der Waals surface area contributed by atoms with Crippen molar-refractivity contribution in [1.29, 1.82) is 0 Å². The molecule has 1 aliphatic rings. The second-order valence-electron chi connectivity index (χ2n) is 8.99. The fraction of sp³-hybridized carbons (Fsp3) is 0.346. The molecule has 0 radical (unpaired) electrons. The Balaban J connectivity index is 1.14. The summed E-state index contributed by atoms with van der Waals surface area (Å²) in [6.07, 6.45) is 0. The van der Waals surface area contributed by atoms with E-state index in [9.17, 15) is 4.79 Å². The van der Waals surface area contributed by atoms with Gasteiger partial charge in [0.1, 0.15) is 5.58 Å². The summed E-state index contributed by atoms with van der Waals surface area (Å²) in [5.74, 6) is 0.328. The average molecular weight is 494 g/mol. The standard InChI is InChI=1S/C26H28ClN5O3/c1-16-4-7-22-20(14-16)18(3)23(34-22)24-29-26(35-30-24)25(33)28-8-9-31-10-12-32(13-11-31)21-15-19(27)6-5-17(21)2/h4-7,14-15H,8-13H2,1-3H3,(H,28,33). The molecule has 4 aromatic rings. The lowest BCUT2D eigenvalue weighted by Crippen LogP contribution is -2.48. The first kappa shape index (κ1) is 23.4. The fourth-order valence-electron chi connectivity index (χ4n) is 4.49. The van der Waals surface area contributed by atoms with Gasteiger partial charge in [0.2, 0.25) is 5.82 Å². The number of benzene rings is 2. The van der Waals surface area contributed by atoms with Gasteiger partial charge >= 0.3 is 11.8 Å². The number of fused-ring (bicyclic) bond motifs is 1. The van der Waals surface area contributed by atoms with Crippen molar-refractivity contribution < 1.29 is 13.7 Å². The lowest BCUT2D eigenvalue weighted by atomic mass is 10.1. The molecule has 1 aliphatic heterocycles. The third-order valence-electron chi connectivity index (χ3n) is 6.51. The van der Waals surface area contributed by atoms with E-state index in [2.05, 4.69) is 44.3 Å². The summed E-state index contributed by atoms with van der Waals surface area (Å²) >= 11 is 6.18. The predicted octanol–water partition coefficient (Wildman–Crippen LogP) is 4.61. The van der Waals surface area contributed by atoms with Crippen molar-refractivity contribution in [3.05, 3.63) is 64.0 Å². The Hall–Kier alpha value is -3.36. The molecule has 1 fully saturated rings. The fourth-order valence-corrected chi connectivity index (χ4v) is 4.66. The molecule has 2 aromatic heterocycles. The van der Waals surface area contributed by atoms with Crippen molar-refractivity contribution in [2.45, 2.75) is 20.8 Å². The molecule has 0 bridgehead atoms. The van der Waals surface area contributed by atoms with E-state index in [1.165, 1.54) is 11.3 Å². The minimum Gasteiger partial charge on any atom is -0.452 e. The number of aryl methyl sites for hydroxylation is 3. The van der Waals surface area contributed by atoms with Gasteiger partial charge in [-0.15, -0.1) is 0 Å². The highest BCUT2D eigenvalue weighted by Crippen LogP contribution is 2.32. The zero-order chi connectivity index (χ0) is 24.5. The van der Waals surface area contributed by atoms with Crippen molar-refractivity contribution in [3.63, 3.8) is 0 Å². The Labute approximate surface area is 208 Å². The van der Waals surface area contributed by atoms with E-state index >= 15 is 0 Å². The minimum atomic E-state index is -0.387. The predicted molar refractivity (Wildman–Crippen MR) is 136 cm³/mol. The number of carbonyl (C=O) groups excluding carboxylic acids is 1. The van der Waals surface area contributed by atoms with E-state index in [1.807, 2.05) is 38.1 Å². The lowest BCUT2D eigenvalue weighted by molar-refractivity contribution is 0.0904. The van der Waals surface area contributed by atoms with Crippen LogP contribution in [0.4, 0.5) is 5.69 Å². The summed E-state index contributed by atoms with van der Waals surface area (Å²) in [4.78, 5) is 21.5. The quantitative estimate of drug-likeness (QED) is 0.419. The molecule has 0 saturated carbocycles. The summed E-state index contributed by atoms with van der Waals surface area (Å²) in [7, 11) is 0. The van der Waals surface area contributed by atoms with Crippen LogP contribution in [0.5, 0.6) is 0 Å². The second-order valence-corrected chi connectivity index (χ2v) is 9.43. The van der Waals surface area contributed by atoms with E-state index < -0.39 is 0 Å². The largest absolute Gasteiger partial charge is 0.452 e. The summed E-state index contributed by atoms with van der Waals surface area (Å²) in [5.41, 5.74) is 5.23. The molecule has 8 nitrogen and oxygen atoms in total. The first-order valence-electron chi connectivity index (χ1n) is 11.7. The molecule has 0 atom stereocenters. The number of nitrogens with one attached hydrogen (secondary N) is 1. The molecule has 3 heterocycles. The Morgan fingerprint density at radius 1 is 1.09 bits per heavy atom. The SMILES string of the molecule is Cc1ccc2oc(-c3noc(C(=O)NCCN4CCN(c5cc(Cl)ccc5C)CC4)n3)c(C)c2c1. The number of halogens is 1. The molecule has 0 spiro atoms. The Morgan fingerprint density at radius 2 is 1.89 bits per heavy atom. The number of anilines is 1. The van der Waals surface area contributed by atoms with E-state index in [4.69, 9.17) is 20.5 Å². The molecule has 182 valence electrons. The topological polar surface area (TPSA) is 87.6 Å². The molecular weight excluding hydrogens is 466 g/mol. The van der Waals surface area contributed by atoms with E-state index in [1.54, 1.807) is 0 Å². The summed E-state index contributed by atoms with van der Waals surface area (Å²) in [6.45, 7) is 11.0. The maximum absolute atomic E-state index is 12.6. The van der Waals surface area contributed by atoms with Crippen LogP contribution in [0.2, 0.25) is 5.02 Å². The zero-order valence-electron chi connectivity index (χ0n) is 20.1. The van der Waals surface area contributed by atoms with Gasteiger partial charge in [-0.1, -0.05) is 34.5 Å². The monoisotopic (exact) mass is 493 g/mol. The molecule has 1 amide bonds. The summed E-state index contributed by atoms with van der Waals surface area (Å²) in [5, 5.41) is 8.61. The zero-order valence-corrected chi connectivity index (χ0v) is 20.9. The Kier molecular flexibility index (Phi) is 6.49. The van der Waals surface area contributed by atoms with E-state index in [0.29, 0.717) is 12.3 Å². The maximum atomic E-state index is 12.6. The highest BCUT2D eigenvalue weighted by molar-refractivity contribution is 6.30. The van der Waals surface area contributed by atoms with Crippen LogP contribution in [0.15, 0.2) is 45.3 Å². The normalized spacial score (nSPS) is 14.6. The van der Waals surface area contributed by atoms with Gasteiger partial charge in [-0.2, -0.15) is 4.98 Å². The Bertz CT molecular complexity index is 1370. The number of nitrogens with zero attached hydrogens (tertiary/aromatic N) is 4. The number of aromatic nitrogens is 2. The van der Waals surface area contributed by atoms with Crippen LogP contribution in [0.3, 0.4) is 0 Å².